The quantitative estimate of drug-likeness (QED) is 0.624. The number of carbonyl (C=O) groups excluding carboxylic acids is 2. The minimum Gasteiger partial charge on any atom is -0.504 e. The second-order valence-corrected chi connectivity index (χ2v) is 8.03. The van der Waals surface area contributed by atoms with E-state index in [1.54, 1.807) is 46.2 Å². The summed E-state index contributed by atoms with van der Waals surface area (Å²) in [6.07, 6.45) is 3.70. The topological polar surface area (TPSA) is 99.5 Å². The molecule has 33 heavy (non-hydrogen) atoms. The van der Waals surface area contributed by atoms with Gasteiger partial charge < -0.3 is 29.5 Å². The first-order valence-electron chi connectivity index (χ1n) is 10.8. The van der Waals surface area contributed by atoms with E-state index >= 15 is 0 Å². The van der Waals surface area contributed by atoms with Crippen LogP contribution in [0.4, 0.5) is 0 Å². The van der Waals surface area contributed by atoms with Gasteiger partial charge in [-0.1, -0.05) is 19.1 Å². The number of hydrogen-bond donors (Lipinski definition) is 2. The van der Waals surface area contributed by atoms with Gasteiger partial charge in [0.1, 0.15) is 0 Å². The molecule has 3 rings (SSSR count). The summed E-state index contributed by atoms with van der Waals surface area (Å²) in [7, 11) is 2.96. The van der Waals surface area contributed by atoms with Gasteiger partial charge in [-0.15, -0.1) is 0 Å². The Morgan fingerprint density at radius 1 is 0.939 bits per heavy atom. The first-order chi connectivity index (χ1) is 15.8. The highest BCUT2D eigenvalue weighted by Gasteiger charge is 2.26. The summed E-state index contributed by atoms with van der Waals surface area (Å²) in [6.45, 7) is 3.78. The molecule has 1 saturated heterocycles. The van der Waals surface area contributed by atoms with E-state index in [0.717, 1.165) is 11.1 Å². The fraction of sp³-hybridized carbons (Fsp3) is 0.360. The van der Waals surface area contributed by atoms with Gasteiger partial charge >= 0.3 is 0 Å². The predicted molar refractivity (Wildman–Crippen MR) is 124 cm³/mol. The van der Waals surface area contributed by atoms with Gasteiger partial charge in [0, 0.05) is 38.2 Å². The summed E-state index contributed by atoms with van der Waals surface area (Å²) in [5.74, 6) is 0.528. The van der Waals surface area contributed by atoms with Gasteiger partial charge in [0.15, 0.2) is 23.0 Å². The zero-order valence-electron chi connectivity index (χ0n) is 19.2. The lowest BCUT2D eigenvalue weighted by molar-refractivity contribution is -0.140. The van der Waals surface area contributed by atoms with Crippen molar-refractivity contribution in [3.8, 4) is 23.0 Å². The SMILES string of the molecule is COc1cc(C=CC(=O)N2CCN(C(=O)C(C)Cc3ccc(O)c(OC)c3)CC2)ccc1O. The van der Waals surface area contributed by atoms with Crippen molar-refractivity contribution in [1.29, 1.82) is 0 Å². The molecule has 8 heteroatoms. The molecule has 1 fully saturated rings. The van der Waals surface area contributed by atoms with Crippen molar-refractivity contribution in [1.82, 2.24) is 9.80 Å². The Morgan fingerprint density at radius 3 is 2.15 bits per heavy atom. The molecular formula is C25H30N2O6. The average Bonchev–Trinajstić information content (AvgIpc) is 2.84. The lowest BCUT2D eigenvalue weighted by atomic mass is 9.99. The molecule has 1 unspecified atom stereocenters. The third-order valence-corrected chi connectivity index (χ3v) is 5.73. The number of rotatable bonds is 7. The minimum atomic E-state index is -0.231. The van der Waals surface area contributed by atoms with E-state index in [9.17, 15) is 19.8 Å². The van der Waals surface area contributed by atoms with Crippen LogP contribution in [0.25, 0.3) is 6.08 Å². The Kier molecular flexibility index (Phi) is 7.82. The van der Waals surface area contributed by atoms with Crippen LogP contribution < -0.4 is 9.47 Å². The Balaban J connectivity index is 1.52. The average molecular weight is 455 g/mol. The maximum atomic E-state index is 12.9. The maximum Gasteiger partial charge on any atom is 0.246 e. The molecule has 0 spiro atoms. The predicted octanol–water partition coefficient (Wildman–Crippen LogP) is 2.68. The monoisotopic (exact) mass is 454 g/mol. The number of hydrogen-bond acceptors (Lipinski definition) is 6. The number of aromatic hydroxyl groups is 2. The first kappa shape index (κ1) is 24.0. The fourth-order valence-electron chi connectivity index (χ4n) is 3.82. The standard InChI is InChI=1S/C25H30N2O6/c1-17(14-19-5-8-21(29)23(16-19)33-3)25(31)27-12-10-26(11-13-27)24(30)9-6-18-4-7-20(28)22(15-18)32-2/h4-9,15-17,28-29H,10-14H2,1-3H3. The van der Waals surface area contributed by atoms with Crippen molar-refractivity contribution in [2.24, 2.45) is 5.92 Å². The van der Waals surface area contributed by atoms with Gasteiger partial charge in [0.05, 0.1) is 14.2 Å². The van der Waals surface area contributed by atoms with Crippen LogP contribution in [0.5, 0.6) is 23.0 Å². The molecule has 0 bridgehead atoms. The molecule has 2 aromatic carbocycles. The fourth-order valence-corrected chi connectivity index (χ4v) is 3.82. The molecule has 1 aliphatic heterocycles. The molecule has 1 aliphatic rings. The third kappa shape index (κ3) is 5.97. The van der Waals surface area contributed by atoms with Gasteiger partial charge in [0.25, 0.3) is 0 Å². The van der Waals surface area contributed by atoms with Crippen LogP contribution in [0.1, 0.15) is 18.1 Å². The van der Waals surface area contributed by atoms with Gasteiger partial charge in [0.2, 0.25) is 11.8 Å². The van der Waals surface area contributed by atoms with Crippen LogP contribution in [-0.2, 0) is 16.0 Å². The molecule has 8 nitrogen and oxygen atoms in total. The van der Waals surface area contributed by atoms with Crippen molar-refractivity contribution in [3.05, 3.63) is 53.6 Å². The summed E-state index contributed by atoms with van der Waals surface area (Å²) in [4.78, 5) is 29.0. The first-order valence-corrected chi connectivity index (χ1v) is 10.8. The summed E-state index contributed by atoms with van der Waals surface area (Å²) in [5.41, 5.74) is 1.65. The molecule has 1 heterocycles. The second-order valence-electron chi connectivity index (χ2n) is 8.03. The van der Waals surface area contributed by atoms with E-state index in [2.05, 4.69) is 0 Å². The van der Waals surface area contributed by atoms with Crippen molar-refractivity contribution in [3.63, 3.8) is 0 Å². The number of amides is 2. The van der Waals surface area contributed by atoms with E-state index in [0.29, 0.717) is 44.1 Å². The lowest BCUT2D eigenvalue weighted by Crippen LogP contribution is -2.51. The van der Waals surface area contributed by atoms with Crippen molar-refractivity contribution in [2.45, 2.75) is 13.3 Å². The summed E-state index contributed by atoms with van der Waals surface area (Å²) in [5, 5.41) is 19.4. The Hall–Kier alpha value is -3.68. The van der Waals surface area contributed by atoms with Gasteiger partial charge in [-0.3, -0.25) is 9.59 Å². The Bertz CT molecular complexity index is 1030. The zero-order chi connectivity index (χ0) is 24.0. The highest BCUT2D eigenvalue weighted by atomic mass is 16.5. The number of ether oxygens (including phenoxy) is 2. The number of phenols is 2. The highest BCUT2D eigenvalue weighted by molar-refractivity contribution is 5.92. The van der Waals surface area contributed by atoms with Crippen molar-refractivity contribution in [2.75, 3.05) is 40.4 Å². The molecule has 2 aromatic rings. The molecule has 2 N–H and O–H groups in total. The van der Waals surface area contributed by atoms with Crippen molar-refractivity contribution >= 4 is 17.9 Å². The van der Waals surface area contributed by atoms with E-state index < -0.39 is 0 Å². The number of piperazine rings is 1. The number of nitrogens with zero attached hydrogens (tertiary/aromatic N) is 2. The number of benzene rings is 2. The van der Waals surface area contributed by atoms with Crippen LogP contribution >= 0.6 is 0 Å². The summed E-state index contributed by atoms with van der Waals surface area (Å²) >= 11 is 0. The van der Waals surface area contributed by atoms with Gasteiger partial charge in [-0.05, 0) is 47.9 Å². The Morgan fingerprint density at radius 2 is 1.52 bits per heavy atom. The third-order valence-electron chi connectivity index (χ3n) is 5.73. The van der Waals surface area contributed by atoms with Crippen LogP contribution in [0, 0.1) is 5.92 Å². The molecule has 1 atom stereocenters. The van der Waals surface area contributed by atoms with E-state index in [-0.39, 0.29) is 29.2 Å². The van der Waals surface area contributed by atoms with Crippen molar-refractivity contribution < 1.29 is 29.3 Å². The van der Waals surface area contributed by atoms with E-state index in [1.807, 2.05) is 6.92 Å². The smallest absolute Gasteiger partial charge is 0.246 e. The van der Waals surface area contributed by atoms with Gasteiger partial charge in [-0.2, -0.15) is 0 Å². The number of carbonyl (C=O) groups is 2. The molecule has 0 aliphatic carbocycles. The minimum absolute atomic E-state index is 0.0422. The summed E-state index contributed by atoms with van der Waals surface area (Å²) < 4.78 is 10.2. The van der Waals surface area contributed by atoms with E-state index in [1.165, 1.54) is 26.4 Å². The van der Waals surface area contributed by atoms with Crippen LogP contribution in [0.15, 0.2) is 42.5 Å². The highest BCUT2D eigenvalue weighted by Crippen LogP contribution is 2.28. The zero-order valence-corrected chi connectivity index (χ0v) is 19.2. The number of phenolic OH excluding ortho intramolecular Hbond substituents is 2. The summed E-state index contributed by atoms with van der Waals surface area (Å²) in [6, 6.07) is 9.96. The van der Waals surface area contributed by atoms with Crippen LogP contribution in [0.2, 0.25) is 0 Å². The molecular weight excluding hydrogens is 424 g/mol. The molecule has 0 saturated carbocycles. The molecule has 0 radical (unpaired) electrons. The van der Waals surface area contributed by atoms with Crippen LogP contribution in [-0.4, -0.2) is 72.2 Å². The second kappa shape index (κ2) is 10.8. The van der Waals surface area contributed by atoms with E-state index in [4.69, 9.17) is 9.47 Å². The normalized spacial score (nSPS) is 14.9. The molecule has 176 valence electrons. The largest absolute Gasteiger partial charge is 0.504 e. The van der Waals surface area contributed by atoms with Gasteiger partial charge in [-0.25, -0.2) is 0 Å². The molecule has 0 aromatic heterocycles. The Labute approximate surface area is 193 Å². The molecule has 2 amide bonds. The lowest BCUT2D eigenvalue weighted by Gasteiger charge is -2.35. The number of methoxy groups -OCH3 is 2. The maximum absolute atomic E-state index is 12.9. The van der Waals surface area contributed by atoms with Crippen LogP contribution in [0.3, 0.4) is 0 Å².